The van der Waals surface area contributed by atoms with Gasteiger partial charge in [0, 0.05) is 32.0 Å². The minimum atomic E-state index is -0.142. The van der Waals surface area contributed by atoms with E-state index in [0.29, 0.717) is 24.4 Å². The standard InChI is InChI=1S/C19H25N5O/c1-3-17-16(13-20-14(2)23-17)19(25)22-12-15-7-8-18(21-11-15)24-9-5-4-6-10-24/h7-8,11,13H,3-6,9-10,12H2,1-2H3,(H,22,25). The van der Waals surface area contributed by atoms with Crippen molar-refractivity contribution < 1.29 is 4.79 Å². The van der Waals surface area contributed by atoms with E-state index in [9.17, 15) is 4.79 Å². The fourth-order valence-corrected chi connectivity index (χ4v) is 3.08. The van der Waals surface area contributed by atoms with Crippen LogP contribution in [0.4, 0.5) is 5.82 Å². The van der Waals surface area contributed by atoms with E-state index in [1.807, 2.05) is 32.2 Å². The van der Waals surface area contributed by atoms with Crippen LogP contribution in [0.3, 0.4) is 0 Å². The predicted molar refractivity (Wildman–Crippen MR) is 97.6 cm³/mol. The Kier molecular flexibility index (Phi) is 5.58. The van der Waals surface area contributed by atoms with E-state index in [-0.39, 0.29) is 5.91 Å². The molecule has 0 spiro atoms. The van der Waals surface area contributed by atoms with E-state index in [4.69, 9.17) is 0 Å². The summed E-state index contributed by atoms with van der Waals surface area (Å²) < 4.78 is 0. The largest absolute Gasteiger partial charge is 0.357 e. The third kappa shape index (κ3) is 4.32. The number of aromatic nitrogens is 3. The molecule has 1 saturated heterocycles. The molecule has 3 heterocycles. The molecule has 25 heavy (non-hydrogen) atoms. The van der Waals surface area contributed by atoms with E-state index < -0.39 is 0 Å². The fraction of sp³-hybridized carbons (Fsp3) is 0.474. The zero-order valence-corrected chi connectivity index (χ0v) is 15.0. The van der Waals surface area contributed by atoms with Crippen molar-refractivity contribution in [2.24, 2.45) is 0 Å². The van der Waals surface area contributed by atoms with Crippen LogP contribution in [0.1, 0.15) is 53.6 Å². The van der Waals surface area contributed by atoms with E-state index in [1.54, 1.807) is 6.20 Å². The maximum atomic E-state index is 12.4. The lowest BCUT2D eigenvalue weighted by Gasteiger charge is -2.27. The Hall–Kier alpha value is -2.50. The normalized spacial score (nSPS) is 14.4. The Morgan fingerprint density at radius 1 is 1.16 bits per heavy atom. The van der Waals surface area contributed by atoms with Crippen molar-refractivity contribution in [1.82, 2.24) is 20.3 Å². The van der Waals surface area contributed by atoms with Crippen LogP contribution in [0.25, 0.3) is 0 Å². The molecule has 6 nitrogen and oxygen atoms in total. The molecule has 1 N–H and O–H groups in total. The second-order valence-corrected chi connectivity index (χ2v) is 6.39. The van der Waals surface area contributed by atoms with Crippen LogP contribution in [-0.2, 0) is 13.0 Å². The first kappa shape index (κ1) is 17.3. The van der Waals surface area contributed by atoms with Crippen molar-refractivity contribution in [3.8, 4) is 0 Å². The number of aryl methyl sites for hydroxylation is 2. The van der Waals surface area contributed by atoms with Gasteiger partial charge in [0.1, 0.15) is 11.6 Å². The van der Waals surface area contributed by atoms with Gasteiger partial charge >= 0.3 is 0 Å². The van der Waals surface area contributed by atoms with Crippen molar-refractivity contribution >= 4 is 11.7 Å². The summed E-state index contributed by atoms with van der Waals surface area (Å²) in [5, 5.41) is 2.94. The second-order valence-electron chi connectivity index (χ2n) is 6.39. The molecule has 3 rings (SSSR count). The van der Waals surface area contributed by atoms with Crippen molar-refractivity contribution in [2.45, 2.75) is 46.1 Å². The predicted octanol–water partition coefficient (Wildman–Crippen LogP) is 2.66. The van der Waals surface area contributed by atoms with Crippen LogP contribution in [0.5, 0.6) is 0 Å². The topological polar surface area (TPSA) is 71.0 Å². The summed E-state index contributed by atoms with van der Waals surface area (Å²) in [7, 11) is 0. The summed E-state index contributed by atoms with van der Waals surface area (Å²) in [6.07, 6.45) is 7.93. The molecule has 1 aliphatic rings. The highest BCUT2D eigenvalue weighted by atomic mass is 16.1. The van der Waals surface area contributed by atoms with Gasteiger partial charge in [-0.05, 0) is 44.2 Å². The molecule has 0 unspecified atom stereocenters. The lowest BCUT2D eigenvalue weighted by atomic mass is 10.1. The number of amides is 1. The number of nitrogens with one attached hydrogen (secondary N) is 1. The summed E-state index contributed by atoms with van der Waals surface area (Å²) >= 11 is 0. The molecule has 2 aromatic heterocycles. The first-order valence-electron chi connectivity index (χ1n) is 8.98. The molecule has 1 aliphatic heterocycles. The molecular weight excluding hydrogens is 314 g/mol. The van der Waals surface area contributed by atoms with Gasteiger partial charge in [-0.15, -0.1) is 0 Å². The highest BCUT2D eigenvalue weighted by molar-refractivity contribution is 5.94. The molecule has 2 aromatic rings. The number of anilines is 1. The van der Waals surface area contributed by atoms with Crippen LogP contribution in [0, 0.1) is 6.92 Å². The van der Waals surface area contributed by atoms with Gasteiger partial charge in [-0.3, -0.25) is 4.79 Å². The number of rotatable bonds is 5. The summed E-state index contributed by atoms with van der Waals surface area (Å²) in [4.78, 5) is 27.8. The summed E-state index contributed by atoms with van der Waals surface area (Å²) in [6.45, 7) is 6.42. The minimum absolute atomic E-state index is 0.142. The molecular formula is C19H25N5O. The summed E-state index contributed by atoms with van der Waals surface area (Å²) in [6, 6.07) is 4.07. The van der Waals surface area contributed by atoms with E-state index in [1.165, 1.54) is 19.3 Å². The molecule has 1 fully saturated rings. The Bertz CT molecular complexity index is 723. The Labute approximate surface area is 148 Å². The zero-order chi connectivity index (χ0) is 17.6. The quantitative estimate of drug-likeness (QED) is 0.907. The molecule has 0 aliphatic carbocycles. The lowest BCUT2D eigenvalue weighted by molar-refractivity contribution is 0.0949. The number of carbonyl (C=O) groups is 1. The van der Waals surface area contributed by atoms with Crippen LogP contribution in [0.15, 0.2) is 24.5 Å². The molecule has 0 bridgehead atoms. The lowest BCUT2D eigenvalue weighted by Crippen LogP contribution is -2.30. The van der Waals surface area contributed by atoms with E-state index in [2.05, 4.69) is 25.2 Å². The van der Waals surface area contributed by atoms with Gasteiger partial charge in [-0.25, -0.2) is 15.0 Å². The number of pyridine rings is 1. The first-order chi connectivity index (χ1) is 12.2. The number of hydrogen-bond donors (Lipinski definition) is 1. The maximum absolute atomic E-state index is 12.4. The summed E-state index contributed by atoms with van der Waals surface area (Å²) in [5.41, 5.74) is 2.31. The maximum Gasteiger partial charge on any atom is 0.254 e. The fourth-order valence-electron chi connectivity index (χ4n) is 3.08. The third-order valence-corrected chi connectivity index (χ3v) is 4.51. The monoisotopic (exact) mass is 339 g/mol. The van der Waals surface area contributed by atoms with Crippen molar-refractivity contribution in [2.75, 3.05) is 18.0 Å². The Morgan fingerprint density at radius 3 is 2.64 bits per heavy atom. The van der Waals surface area contributed by atoms with Crippen LogP contribution in [0.2, 0.25) is 0 Å². The average Bonchev–Trinajstić information content (AvgIpc) is 2.67. The molecule has 132 valence electrons. The highest BCUT2D eigenvalue weighted by Crippen LogP contribution is 2.17. The third-order valence-electron chi connectivity index (χ3n) is 4.51. The van der Waals surface area contributed by atoms with Gasteiger partial charge in [0.25, 0.3) is 5.91 Å². The van der Waals surface area contributed by atoms with Crippen LogP contribution in [-0.4, -0.2) is 33.9 Å². The van der Waals surface area contributed by atoms with Gasteiger partial charge in [0.05, 0.1) is 11.3 Å². The molecule has 0 aromatic carbocycles. The van der Waals surface area contributed by atoms with Gasteiger partial charge in [0.2, 0.25) is 0 Å². The van der Waals surface area contributed by atoms with Crippen LogP contribution < -0.4 is 10.2 Å². The zero-order valence-electron chi connectivity index (χ0n) is 15.0. The van der Waals surface area contributed by atoms with Crippen LogP contribution >= 0.6 is 0 Å². The Balaban J connectivity index is 1.60. The van der Waals surface area contributed by atoms with Gasteiger partial charge in [-0.2, -0.15) is 0 Å². The summed E-state index contributed by atoms with van der Waals surface area (Å²) in [5.74, 6) is 1.57. The average molecular weight is 339 g/mol. The number of nitrogens with zero attached hydrogens (tertiary/aromatic N) is 4. The van der Waals surface area contributed by atoms with Crippen molar-refractivity contribution in [3.05, 3.63) is 47.2 Å². The van der Waals surface area contributed by atoms with Gasteiger partial charge in [-0.1, -0.05) is 13.0 Å². The number of piperidine rings is 1. The first-order valence-corrected chi connectivity index (χ1v) is 8.98. The molecule has 0 radical (unpaired) electrons. The van der Waals surface area contributed by atoms with Crippen molar-refractivity contribution in [1.29, 1.82) is 0 Å². The number of carbonyl (C=O) groups excluding carboxylic acids is 1. The molecule has 0 saturated carbocycles. The number of hydrogen-bond acceptors (Lipinski definition) is 5. The highest BCUT2D eigenvalue weighted by Gasteiger charge is 2.14. The van der Waals surface area contributed by atoms with Gasteiger partial charge in [0.15, 0.2) is 0 Å². The molecule has 0 atom stereocenters. The second kappa shape index (κ2) is 8.05. The SMILES string of the molecule is CCc1nc(C)ncc1C(=O)NCc1ccc(N2CCCCC2)nc1. The van der Waals surface area contributed by atoms with E-state index >= 15 is 0 Å². The molecule has 6 heteroatoms. The minimum Gasteiger partial charge on any atom is -0.357 e. The smallest absolute Gasteiger partial charge is 0.254 e. The van der Waals surface area contributed by atoms with E-state index in [0.717, 1.165) is 30.2 Å². The molecule has 1 amide bonds. The van der Waals surface area contributed by atoms with Gasteiger partial charge < -0.3 is 10.2 Å². The van der Waals surface area contributed by atoms with Crippen molar-refractivity contribution in [3.63, 3.8) is 0 Å². The Morgan fingerprint density at radius 2 is 1.96 bits per heavy atom.